The lowest BCUT2D eigenvalue weighted by Crippen LogP contribution is -2.14. The lowest BCUT2D eigenvalue weighted by molar-refractivity contribution is 0.102. The maximum atomic E-state index is 12.2. The average Bonchev–Trinajstić information content (AvgIpc) is 3.03. The second-order valence-corrected chi connectivity index (χ2v) is 6.10. The number of carbonyl (C=O) groups is 1. The number of aromatic nitrogens is 3. The monoisotopic (exact) mass is 340 g/mol. The van der Waals surface area contributed by atoms with Crippen molar-refractivity contribution >= 4 is 22.4 Å². The minimum atomic E-state index is -0.334. The third-order valence-electron chi connectivity index (χ3n) is 3.37. The number of benzene rings is 1. The molecular formula is C17H16N4O2S. The summed E-state index contributed by atoms with van der Waals surface area (Å²) in [6.07, 6.45) is 3.00. The maximum Gasteiger partial charge on any atom is 0.277 e. The van der Waals surface area contributed by atoms with E-state index in [0.717, 1.165) is 28.3 Å². The predicted octanol–water partition coefficient (Wildman–Crippen LogP) is 3.48. The molecule has 0 saturated carbocycles. The van der Waals surface area contributed by atoms with E-state index in [4.69, 9.17) is 4.74 Å². The van der Waals surface area contributed by atoms with Crippen molar-refractivity contribution in [3.05, 3.63) is 52.9 Å². The lowest BCUT2D eigenvalue weighted by atomic mass is 10.1. The highest BCUT2D eigenvalue weighted by Crippen LogP contribution is 2.33. The van der Waals surface area contributed by atoms with Crippen LogP contribution in [0, 0.1) is 13.8 Å². The van der Waals surface area contributed by atoms with Gasteiger partial charge in [0.2, 0.25) is 0 Å². The van der Waals surface area contributed by atoms with Gasteiger partial charge in [0.15, 0.2) is 5.13 Å². The normalized spacial score (nSPS) is 10.5. The van der Waals surface area contributed by atoms with E-state index in [2.05, 4.69) is 20.3 Å². The van der Waals surface area contributed by atoms with E-state index in [1.807, 2.05) is 37.4 Å². The van der Waals surface area contributed by atoms with Crippen LogP contribution in [-0.4, -0.2) is 28.0 Å². The number of anilines is 1. The summed E-state index contributed by atoms with van der Waals surface area (Å²) in [4.78, 5) is 24.8. The van der Waals surface area contributed by atoms with Crippen LogP contribution in [0.3, 0.4) is 0 Å². The topological polar surface area (TPSA) is 77.0 Å². The molecule has 0 radical (unpaired) electrons. The van der Waals surface area contributed by atoms with Crippen molar-refractivity contribution in [3.63, 3.8) is 0 Å². The molecule has 0 bridgehead atoms. The summed E-state index contributed by atoms with van der Waals surface area (Å²) in [5, 5.41) is 5.13. The summed E-state index contributed by atoms with van der Waals surface area (Å²) in [6.45, 7) is 3.82. The largest absolute Gasteiger partial charge is 0.496 e. The van der Waals surface area contributed by atoms with Crippen LogP contribution >= 0.6 is 11.3 Å². The highest BCUT2D eigenvalue weighted by molar-refractivity contribution is 7.14. The maximum absolute atomic E-state index is 12.2. The van der Waals surface area contributed by atoms with E-state index in [1.54, 1.807) is 13.3 Å². The molecule has 1 amide bonds. The molecular weight excluding hydrogens is 324 g/mol. The van der Waals surface area contributed by atoms with Crippen LogP contribution in [0.15, 0.2) is 36.0 Å². The number of nitrogens with one attached hydrogen (secondary N) is 1. The van der Waals surface area contributed by atoms with E-state index in [-0.39, 0.29) is 11.6 Å². The third-order valence-corrected chi connectivity index (χ3v) is 4.13. The van der Waals surface area contributed by atoms with Gasteiger partial charge < -0.3 is 4.74 Å². The Morgan fingerprint density at radius 2 is 2.04 bits per heavy atom. The Bertz CT molecular complexity index is 875. The van der Waals surface area contributed by atoms with E-state index < -0.39 is 0 Å². The van der Waals surface area contributed by atoms with Gasteiger partial charge in [-0.1, -0.05) is 11.6 Å². The van der Waals surface area contributed by atoms with Crippen molar-refractivity contribution < 1.29 is 9.53 Å². The molecule has 6 nitrogen and oxygen atoms in total. The molecule has 0 aliphatic heterocycles. The van der Waals surface area contributed by atoms with Crippen LogP contribution in [-0.2, 0) is 0 Å². The van der Waals surface area contributed by atoms with Crippen molar-refractivity contribution in [2.45, 2.75) is 13.8 Å². The van der Waals surface area contributed by atoms with Gasteiger partial charge in [-0.15, -0.1) is 11.3 Å². The second-order valence-electron chi connectivity index (χ2n) is 5.24. The van der Waals surface area contributed by atoms with Crippen LogP contribution in [0.2, 0.25) is 0 Å². The molecule has 2 heterocycles. The van der Waals surface area contributed by atoms with Crippen LogP contribution in [0.1, 0.15) is 21.7 Å². The summed E-state index contributed by atoms with van der Waals surface area (Å²) in [7, 11) is 1.62. The molecule has 3 rings (SSSR count). The predicted molar refractivity (Wildman–Crippen MR) is 93.6 cm³/mol. The molecule has 1 N–H and O–H groups in total. The Morgan fingerprint density at radius 3 is 2.75 bits per heavy atom. The molecule has 0 unspecified atom stereocenters. The van der Waals surface area contributed by atoms with Gasteiger partial charge in [-0.05, 0) is 26.0 Å². The first-order chi connectivity index (χ1) is 11.6. The third kappa shape index (κ3) is 3.41. The Kier molecular flexibility index (Phi) is 4.52. The number of carbonyl (C=O) groups excluding carboxylic acids is 1. The number of rotatable bonds is 4. The van der Waals surface area contributed by atoms with Crippen LogP contribution < -0.4 is 10.1 Å². The second kappa shape index (κ2) is 6.76. The highest BCUT2D eigenvalue weighted by atomic mass is 32.1. The van der Waals surface area contributed by atoms with Gasteiger partial charge in [-0.3, -0.25) is 15.1 Å². The summed E-state index contributed by atoms with van der Waals surface area (Å²) in [5.74, 6) is 0.410. The molecule has 3 aromatic rings. The number of ether oxygens (including phenoxy) is 1. The first-order valence-corrected chi connectivity index (χ1v) is 8.15. The van der Waals surface area contributed by atoms with Crippen molar-refractivity contribution in [1.82, 2.24) is 15.0 Å². The smallest absolute Gasteiger partial charge is 0.277 e. The Hall–Kier alpha value is -2.80. The molecule has 2 aromatic heterocycles. The minimum Gasteiger partial charge on any atom is -0.496 e. The molecule has 0 atom stereocenters. The van der Waals surface area contributed by atoms with Gasteiger partial charge in [0.05, 0.1) is 24.7 Å². The average molecular weight is 340 g/mol. The Balaban J connectivity index is 1.82. The summed E-state index contributed by atoms with van der Waals surface area (Å²) in [5.41, 5.74) is 3.77. The SMILES string of the molecule is COc1ccc(C)cc1-c1csc(NC(=O)c2cnc(C)cn2)n1. The molecule has 0 spiro atoms. The zero-order valence-electron chi connectivity index (χ0n) is 13.5. The van der Waals surface area contributed by atoms with Gasteiger partial charge >= 0.3 is 0 Å². The standard InChI is InChI=1S/C17H16N4O2S/c1-10-4-5-15(23-3)12(6-10)14-9-24-17(20-14)21-16(22)13-8-18-11(2)7-19-13/h4-9H,1-3H3,(H,20,21,22). The molecule has 24 heavy (non-hydrogen) atoms. The molecule has 7 heteroatoms. The van der Waals surface area contributed by atoms with E-state index in [0.29, 0.717) is 5.13 Å². The number of aryl methyl sites for hydroxylation is 2. The summed E-state index contributed by atoms with van der Waals surface area (Å²) >= 11 is 1.35. The number of nitrogens with zero attached hydrogens (tertiary/aromatic N) is 3. The van der Waals surface area contributed by atoms with Crippen molar-refractivity contribution in [3.8, 4) is 17.0 Å². The lowest BCUT2D eigenvalue weighted by Gasteiger charge is -2.07. The van der Waals surface area contributed by atoms with Crippen molar-refractivity contribution in [1.29, 1.82) is 0 Å². The van der Waals surface area contributed by atoms with Gasteiger partial charge in [0, 0.05) is 17.1 Å². The number of hydrogen-bond acceptors (Lipinski definition) is 6. The summed E-state index contributed by atoms with van der Waals surface area (Å²) in [6, 6.07) is 5.89. The van der Waals surface area contributed by atoms with Gasteiger partial charge in [0.1, 0.15) is 11.4 Å². The fourth-order valence-electron chi connectivity index (χ4n) is 2.15. The number of amides is 1. The number of thiazole rings is 1. The van der Waals surface area contributed by atoms with Crippen LogP contribution in [0.5, 0.6) is 5.75 Å². The van der Waals surface area contributed by atoms with Crippen LogP contribution in [0.4, 0.5) is 5.13 Å². The van der Waals surface area contributed by atoms with E-state index >= 15 is 0 Å². The highest BCUT2D eigenvalue weighted by Gasteiger charge is 2.13. The first-order valence-electron chi connectivity index (χ1n) is 7.27. The van der Waals surface area contributed by atoms with E-state index in [9.17, 15) is 4.79 Å². The van der Waals surface area contributed by atoms with Crippen molar-refractivity contribution in [2.75, 3.05) is 12.4 Å². The first kappa shape index (κ1) is 16.1. The molecule has 1 aromatic carbocycles. The molecule has 0 aliphatic carbocycles. The Labute approximate surface area is 143 Å². The molecule has 0 aliphatic rings. The van der Waals surface area contributed by atoms with Crippen molar-refractivity contribution in [2.24, 2.45) is 0 Å². The molecule has 0 saturated heterocycles. The number of hydrogen-bond donors (Lipinski definition) is 1. The zero-order valence-corrected chi connectivity index (χ0v) is 14.3. The van der Waals surface area contributed by atoms with Gasteiger partial charge in [-0.25, -0.2) is 9.97 Å². The quantitative estimate of drug-likeness (QED) is 0.787. The molecule has 122 valence electrons. The number of methoxy groups -OCH3 is 1. The molecule has 0 fully saturated rings. The zero-order chi connectivity index (χ0) is 17.1. The fourth-order valence-corrected chi connectivity index (χ4v) is 2.85. The Morgan fingerprint density at radius 1 is 1.21 bits per heavy atom. The fraction of sp³-hybridized carbons (Fsp3) is 0.176. The van der Waals surface area contributed by atoms with Crippen LogP contribution in [0.25, 0.3) is 11.3 Å². The van der Waals surface area contributed by atoms with Gasteiger partial charge in [-0.2, -0.15) is 0 Å². The minimum absolute atomic E-state index is 0.255. The van der Waals surface area contributed by atoms with Gasteiger partial charge in [0.25, 0.3) is 5.91 Å². The van der Waals surface area contributed by atoms with E-state index in [1.165, 1.54) is 17.5 Å². The summed E-state index contributed by atoms with van der Waals surface area (Å²) < 4.78 is 5.38.